The van der Waals surface area contributed by atoms with Crippen LogP contribution in [0, 0.1) is 13.8 Å². The van der Waals surface area contributed by atoms with Crippen molar-refractivity contribution in [3.05, 3.63) is 58.9 Å². The molecule has 0 atom stereocenters. The maximum absolute atomic E-state index is 12.7. The molecule has 2 heterocycles. The van der Waals surface area contributed by atoms with E-state index < -0.39 is 10.0 Å². The SMILES string of the molecule is Cc1noc(C)c1S(=O)(=O)Nc1ccc2nc(-c3ccccc3Cl)[nH]c2c1. The van der Waals surface area contributed by atoms with Gasteiger partial charge in [0.25, 0.3) is 10.0 Å². The van der Waals surface area contributed by atoms with E-state index in [-0.39, 0.29) is 10.7 Å². The standard InChI is InChI=1S/C18H15ClN4O3S/c1-10-17(11(2)26-22-10)27(24,25)23-12-7-8-15-16(9-12)21-18(20-15)13-5-3-4-6-14(13)19/h3-9,23H,1-2H3,(H,20,21). The van der Waals surface area contributed by atoms with Gasteiger partial charge < -0.3 is 9.51 Å². The third kappa shape index (κ3) is 3.17. The van der Waals surface area contributed by atoms with Crippen molar-refractivity contribution < 1.29 is 12.9 Å². The molecule has 0 saturated heterocycles. The zero-order valence-corrected chi connectivity index (χ0v) is 16.0. The van der Waals surface area contributed by atoms with Crippen LogP contribution in [0.3, 0.4) is 0 Å². The maximum Gasteiger partial charge on any atom is 0.267 e. The van der Waals surface area contributed by atoms with Crippen LogP contribution in [0.15, 0.2) is 51.9 Å². The van der Waals surface area contributed by atoms with Gasteiger partial charge in [0.05, 0.1) is 21.7 Å². The number of H-pyrrole nitrogens is 1. The van der Waals surface area contributed by atoms with Crippen LogP contribution in [0.5, 0.6) is 0 Å². The minimum atomic E-state index is -3.81. The molecule has 0 aliphatic rings. The molecule has 0 aliphatic heterocycles. The first-order valence-corrected chi connectivity index (χ1v) is 9.91. The number of hydrogen-bond donors (Lipinski definition) is 2. The van der Waals surface area contributed by atoms with E-state index in [2.05, 4.69) is 19.8 Å². The maximum atomic E-state index is 12.7. The third-order valence-electron chi connectivity index (χ3n) is 4.10. The number of aromatic nitrogens is 3. The molecule has 2 N–H and O–H groups in total. The number of hydrogen-bond acceptors (Lipinski definition) is 5. The van der Waals surface area contributed by atoms with Gasteiger partial charge in [-0.2, -0.15) is 0 Å². The fourth-order valence-electron chi connectivity index (χ4n) is 2.92. The highest BCUT2D eigenvalue weighted by Crippen LogP contribution is 2.29. The third-order valence-corrected chi connectivity index (χ3v) is 6.05. The molecule has 0 amide bonds. The lowest BCUT2D eigenvalue weighted by molar-refractivity contribution is 0.390. The quantitative estimate of drug-likeness (QED) is 0.530. The molecule has 7 nitrogen and oxygen atoms in total. The first-order valence-electron chi connectivity index (χ1n) is 8.05. The predicted octanol–water partition coefficient (Wildman–Crippen LogP) is 4.29. The zero-order chi connectivity index (χ0) is 19.2. The van der Waals surface area contributed by atoms with Crippen LogP contribution in [0.25, 0.3) is 22.4 Å². The summed E-state index contributed by atoms with van der Waals surface area (Å²) < 4.78 is 32.8. The van der Waals surface area contributed by atoms with E-state index in [1.165, 1.54) is 0 Å². The van der Waals surface area contributed by atoms with E-state index in [4.69, 9.17) is 16.1 Å². The van der Waals surface area contributed by atoms with Crippen LogP contribution < -0.4 is 4.72 Å². The Hall–Kier alpha value is -2.84. The fourth-order valence-corrected chi connectivity index (χ4v) is 4.52. The summed E-state index contributed by atoms with van der Waals surface area (Å²) in [5, 5.41) is 4.28. The van der Waals surface area contributed by atoms with Gasteiger partial charge in [0.1, 0.15) is 11.5 Å². The Labute approximate surface area is 160 Å². The predicted molar refractivity (Wildman–Crippen MR) is 103 cm³/mol. The number of aryl methyl sites for hydroxylation is 2. The molecule has 0 saturated carbocycles. The minimum absolute atomic E-state index is 0.0453. The van der Waals surface area contributed by atoms with Gasteiger partial charge in [-0.05, 0) is 44.2 Å². The smallest absolute Gasteiger partial charge is 0.267 e. The number of halogens is 1. The van der Waals surface area contributed by atoms with Crippen molar-refractivity contribution >= 4 is 38.3 Å². The number of benzene rings is 2. The van der Waals surface area contributed by atoms with Crippen molar-refractivity contribution in [1.82, 2.24) is 15.1 Å². The first-order chi connectivity index (χ1) is 12.8. The van der Waals surface area contributed by atoms with E-state index in [9.17, 15) is 8.42 Å². The number of nitrogens with one attached hydrogen (secondary N) is 2. The number of fused-ring (bicyclic) bond motifs is 1. The van der Waals surface area contributed by atoms with Gasteiger partial charge in [-0.25, -0.2) is 13.4 Å². The molecule has 138 valence electrons. The lowest BCUT2D eigenvalue weighted by Crippen LogP contribution is -2.14. The lowest BCUT2D eigenvalue weighted by atomic mass is 10.2. The lowest BCUT2D eigenvalue weighted by Gasteiger charge is -2.07. The molecular formula is C18H15ClN4O3S. The second-order valence-electron chi connectivity index (χ2n) is 6.06. The fraction of sp³-hybridized carbons (Fsp3) is 0.111. The van der Waals surface area contributed by atoms with Gasteiger partial charge in [0.15, 0.2) is 10.7 Å². The molecule has 9 heteroatoms. The molecule has 0 unspecified atom stereocenters. The van der Waals surface area contributed by atoms with Gasteiger partial charge in [0.2, 0.25) is 0 Å². The summed E-state index contributed by atoms with van der Waals surface area (Å²) in [6.07, 6.45) is 0. The average molecular weight is 403 g/mol. The van der Waals surface area contributed by atoms with Crippen molar-refractivity contribution in [2.45, 2.75) is 18.7 Å². The molecule has 2 aromatic heterocycles. The Morgan fingerprint density at radius 3 is 2.63 bits per heavy atom. The van der Waals surface area contributed by atoms with Crippen molar-refractivity contribution in [2.75, 3.05) is 4.72 Å². The molecule has 0 fully saturated rings. The number of aromatic amines is 1. The Kier molecular flexibility index (Phi) is 4.16. The number of anilines is 1. The molecule has 0 bridgehead atoms. The van der Waals surface area contributed by atoms with Gasteiger partial charge >= 0.3 is 0 Å². The van der Waals surface area contributed by atoms with Crippen molar-refractivity contribution in [1.29, 1.82) is 0 Å². The van der Waals surface area contributed by atoms with Crippen LogP contribution in [-0.2, 0) is 10.0 Å². The zero-order valence-electron chi connectivity index (χ0n) is 14.4. The van der Waals surface area contributed by atoms with Crippen LogP contribution in [0.4, 0.5) is 5.69 Å². The Bertz CT molecular complexity index is 1240. The summed E-state index contributed by atoms with van der Waals surface area (Å²) in [6, 6.07) is 12.4. The summed E-state index contributed by atoms with van der Waals surface area (Å²) in [7, 11) is -3.81. The summed E-state index contributed by atoms with van der Waals surface area (Å²) in [5.74, 6) is 0.852. The van der Waals surface area contributed by atoms with Crippen molar-refractivity contribution in [3.63, 3.8) is 0 Å². The average Bonchev–Trinajstić information content (AvgIpc) is 3.17. The Morgan fingerprint density at radius 1 is 1.15 bits per heavy atom. The van der Waals surface area contributed by atoms with E-state index in [0.717, 1.165) is 5.56 Å². The number of nitrogens with zero attached hydrogens (tertiary/aromatic N) is 2. The molecule has 27 heavy (non-hydrogen) atoms. The number of imidazole rings is 1. The van der Waals surface area contributed by atoms with Gasteiger partial charge in [-0.1, -0.05) is 28.9 Å². The van der Waals surface area contributed by atoms with E-state index in [1.54, 1.807) is 38.1 Å². The number of rotatable bonds is 4. The van der Waals surface area contributed by atoms with Gasteiger partial charge in [-0.15, -0.1) is 0 Å². The van der Waals surface area contributed by atoms with Crippen LogP contribution in [0.1, 0.15) is 11.5 Å². The molecule has 0 spiro atoms. The molecule has 2 aromatic carbocycles. The topological polar surface area (TPSA) is 101 Å². The summed E-state index contributed by atoms with van der Waals surface area (Å²) in [4.78, 5) is 7.74. The highest BCUT2D eigenvalue weighted by molar-refractivity contribution is 7.92. The van der Waals surface area contributed by atoms with Crippen LogP contribution in [0.2, 0.25) is 5.02 Å². The second-order valence-corrected chi connectivity index (χ2v) is 8.08. The van der Waals surface area contributed by atoms with Gasteiger partial charge in [0, 0.05) is 5.56 Å². The largest absolute Gasteiger partial charge is 0.360 e. The first kappa shape index (κ1) is 17.6. The van der Waals surface area contributed by atoms with E-state index in [1.807, 2.05) is 18.2 Å². The number of sulfonamides is 1. The Morgan fingerprint density at radius 2 is 1.93 bits per heavy atom. The van der Waals surface area contributed by atoms with Crippen molar-refractivity contribution in [2.24, 2.45) is 0 Å². The van der Waals surface area contributed by atoms with E-state index in [0.29, 0.717) is 33.3 Å². The summed E-state index contributed by atoms with van der Waals surface area (Å²) in [5.41, 5.74) is 2.86. The highest BCUT2D eigenvalue weighted by atomic mass is 35.5. The monoisotopic (exact) mass is 402 g/mol. The summed E-state index contributed by atoms with van der Waals surface area (Å²) >= 11 is 6.22. The Balaban J connectivity index is 1.71. The molecule has 0 radical (unpaired) electrons. The normalized spacial score (nSPS) is 11.8. The summed E-state index contributed by atoms with van der Waals surface area (Å²) in [6.45, 7) is 3.14. The minimum Gasteiger partial charge on any atom is -0.360 e. The molecular weight excluding hydrogens is 388 g/mol. The molecule has 0 aliphatic carbocycles. The van der Waals surface area contributed by atoms with Crippen LogP contribution in [-0.4, -0.2) is 23.5 Å². The highest BCUT2D eigenvalue weighted by Gasteiger charge is 2.24. The van der Waals surface area contributed by atoms with Gasteiger partial charge in [-0.3, -0.25) is 4.72 Å². The second kappa shape index (κ2) is 6.40. The molecule has 4 aromatic rings. The van der Waals surface area contributed by atoms with Crippen LogP contribution >= 0.6 is 11.6 Å². The van der Waals surface area contributed by atoms with Crippen molar-refractivity contribution in [3.8, 4) is 11.4 Å². The molecule has 4 rings (SSSR count). The van der Waals surface area contributed by atoms with E-state index >= 15 is 0 Å².